The molecule has 1 unspecified atom stereocenters. The molecule has 88 valence electrons. The summed E-state index contributed by atoms with van der Waals surface area (Å²) in [6.07, 6.45) is 3.94. The second-order valence-corrected chi connectivity index (χ2v) is 6.39. The minimum Gasteiger partial charge on any atom is -0.158 e. The number of unbranched alkanes of at least 4 members (excludes halogenated alkanes) is 1. The molecule has 0 aliphatic carbocycles. The third kappa shape index (κ3) is 12.3. The number of hydrogen-bond donors (Lipinski definition) is 0. The lowest BCUT2D eigenvalue weighted by Gasteiger charge is -2.26. The predicted octanol–water partition coefficient (Wildman–Crippen LogP) is 5.37. The molecule has 0 fully saturated rings. The van der Waals surface area contributed by atoms with E-state index in [1.54, 1.807) is 0 Å². The molecule has 0 aromatic rings. The van der Waals surface area contributed by atoms with Crippen LogP contribution in [0.5, 0.6) is 0 Å². The maximum Gasteiger partial charge on any atom is 0.00672 e. The summed E-state index contributed by atoms with van der Waals surface area (Å²) >= 11 is 2.11. The largest absolute Gasteiger partial charge is 0.158 e. The molecule has 0 saturated carbocycles. The first kappa shape index (κ1) is 16.8. The van der Waals surface area contributed by atoms with Crippen LogP contribution in [0.3, 0.4) is 0 Å². The molecule has 0 bridgehead atoms. The molecule has 0 N–H and O–H groups in total. The van der Waals surface area contributed by atoms with Gasteiger partial charge in [0.1, 0.15) is 0 Å². The van der Waals surface area contributed by atoms with Gasteiger partial charge in [-0.2, -0.15) is 11.8 Å². The molecule has 0 radical (unpaired) electrons. The Labute approximate surface area is 96.2 Å². The summed E-state index contributed by atoms with van der Waals surface area (Å²) in [7, 11) is 0. The zero-order chi connectivity index (χ0) is 11.6. The van der Waals surface area contributed by atoms with E-state index in [1.165, 1.54) is 25.0 Å². The third-order valence-electron chi connectivity index (χ3n) is 2.09. The molecule has 14 heavy (non-hydrogen) atoms. The van der Waals surface area contributed by atoms with E-state index in [0.717, 1.165) is 5.25 Å². The monoisotopic (exact) mass is 218 g/mol. The van der Waals surface area contributed by atoms with E-state index in [-0.39, 0.29) is 0 Å². The van der Waals surface area contributed by atoms with Crippen LogP contribution in [0, 0.1) is 5.41 Å². The second kappa shape index (κ2) is 9.89. The van der Waals surface area contributed by atoms with Gasteiger partial charge in [-0.15, -0.1) is 0 Å². The van der Waals surface area contributed by atoms with Crippen LogP contribution >= 0.6 is 11.8 Å². The minimum atomic E-state index is 0.471. The van der Waals surface area contributed by atoms with Crippen LogP contribution in [-0.4, -0.2) is 11.0 Å². The van der Waals surface area contributed by atoms with Crippen molar-refractivity contribution < 1.29 is 0 Å². The highest BCUT2D eigenvalue weighted by atomic mass is 32.2. The summed E-state index contributed by atoms with van der Waals surface area (Å²) in [5.41, 5.74) is 0.471. The summed E-state index contributed by atoms with van der Waals surface area (Å²) in [5, 5.41) is 0.786. The fraction of sp³-hybridized carbons (Fsp3) is 1.00. The van der Waals surface area contributed by atoms with Crippen molar-refractivity contribution in [2.24, 2.45) is 5.41 Å². The Balaban J connectivity index is 0. The zero-order valence-corrected chi connectivity index (χ0v) is 12.1. The first-order valence-corrected chi connectivity index (χ1v) is 7.06. The van der Waals surface area contributed by atoms with Gasteiger partial charge in [-0.1, -0.05) is 61.3 Å². The average molecular weight is 218 g/mol. The van der Waals surface area contributed by atoms with Crippen LogP contribution in [0.1, 0.15) is 67.7 Å². The van der Waals surface area contributed by atoms with E-state index in [0.29, 0.717) is 5.41 Å². The van der Waals surface area contributed by atoms with Crippen molar-refractivity contribution >= 4 is 11.8 Å². The van der Waals surface area contributed by atoms with E-state index in [2.05, 4.69) is 60.2 Å². The standard InChI is InChI=1S/C10H22S.C3H8/c1-6-7-8-11-9(2)10(3,4)5;1-3-2/h9H,6-8H2,1-5H3;3H2,1-2H3. The van der Waals surface area contributed by atoms with Crippen molar-refractivity contribution in [2.45, 2.75) is 73.0 Å². The highest BCUT2D eigenvalue weighted by Gasteiger charge is 2.19. The van der Waals surface area contributed by atoms with Gasteiger partial charge in [0.2, 0.25) is 0 Å². The lowest BCUT2D eigenvalue weighted by molar-refractivity contribution is 0.411. The van der Waals surface area contributed by atoms with E-state index in [9.17, 15) is 0 Å². The van der Waals surface area contributed by atoms with Crippen LogP contribution in [0.25, 0.3) is 0 Å². The van der Waals surface area contributed by atoms with Gasteiger partial charge in [0, 0.05) is 5.25 Å². The first-order valence-electron chi connectivity index (χ1n) is 6.01. The highest BCUT2D eigenvalue weighted by Crippen LogP contribution is 2.30. The Morgan fingerprint density at radius 1 is 1.07 bits per heavy atom. The molecule has 0 spiro atoms. The molecule has 0 saturated heterocycles. The number of hydrogen-bond acceptors (Lipinski definition) is 1. The summed E-state index contributed by atoms with van der Waals surface area (Å²) in [4.78, 5) is 0. The van der Waals surface area contributed by atoms with Crippen molar-refractivity contribution in [1.29, 1.82) is 0 Å². The average Bonchev–Trinajstić information content (AvgIpc) is 2.04. The molecule has 0 amide bonds. The summed E-state index contributed by atoms with van der Waals surface area (Å²) < 4.78 is 0. The van der Waals surface area contributed by atoms with Crippen molar-refractivity contribution in [1.82, 2.24) is 0 Å². The van der Waals surface area contributed by atoms with E-state index in [1.807, 2.05) is 0 Å². The van der Waals surface area contributed by atoms with Crippen LogP contribution in [0.4, 0.5) is 0 Å². The molecule has 1 atom stereocenters. The van der Waals surface area contributed by atoms with Crippen LogP contribution in [0.15, 0.2) is 0 Å². The molecule has 0 nitrogen and oxygen atoms in total. The molecule has 0 aromatic carbocycles. The van der Waals surface area contributed by atoms with E-state index < -0.39 is 0 Å². The van der Waals surface area contributed by atoms with Crippen LogP contribution in [-0.2, 0) is 0 Å². The number of rotatable bonds is 4. The smallest absolute Gasteiger partial charge is 0.00672 e. The summed E-state index contributed by atoms with van der Waals surface area (Å²) in [6.45, 7) is 15.8. The molecule has 0 aromatic heterocycles. The lowest BCUT2D eigenvalue weighted by Crippen LogP contribution is -2.19. The third-order valence-corrected chi connectivity index (χ3v) is 3.82. The number of thioether (sulfide) groups is 1. The van der Waals surface area contributed by atoms with Crippen molar-refractivity contribution in [3.8, 4) is 0 Å². The van der Waals surface area contributed by atoms with Gasteiger partial charge in [-0.05, 0) is 17.6 Å². The second-order valence-electron chi connectivity index (χ2n) is 4.94. The Morgan fingerprint density at radius 3 is 1.79 bits per heavy atom. The van der Waals surface area contributed by atoms with Crippen molar-refractivity contribution in [2.75, 3.05) is 5.75 Å². The van der Waals surface area contributed by atoms with Gasteiger partial charge < -0.3 is 0 Å². The Bertz CT molecular complexity index is 102. The highest BCUT2D eigenvalue weighted by molar-refractivity contribution is 7.99. The molecular formula is C13H30S. The first-order chi connectivity index (χ1) is 6.40. The maximum absolute atomic E-state index is 2.33. The Hall–Kier alpha value is 0.350. The molecular weight excluding hydrogens is 188 g/mol. The normalized spacial score (nSPS) is 13.1. The predicted molar refractivity (Wildman–Crippen MR) is 72.2 cm³/mol. The Kier molecular flexibility index (Phi) is 11.8. The fourth-order valence-corrected chi connectivity index (χ4v) is 1.96. The molecule has 0 aliphatic heterocycles. The maximum atomic E-state index is 2.33. The van der Waals surface area contributed by atoms with Gasteiger partial charge in [-0.25, -0.2) is 0 Å². The van der Waals surface area contributed by atoms with E-state index in [4.69, 9.17) is 0 Å². The van der Waals surface area contributed by atoms with Gasteiger partial charge in [0.25, 0.3) is 0 Å². The molecule has 0 heterocycles. The van der Waals surface area contributed by atoms with Crippen molar-refractivity contribution in [3.05, 3.63) is 0 Å². The molecule has 0 rings (SSSR count). The SMILES string of the molecule is CCC.CCCCSC(C)C(C)(C)C. The molecule has 1 heteroatoms. The van der Waals surface area contributed by atoms with E-state index >= 15 is 0 Å². The summed E-state index contributed by atoms with van der Waals surface area (Å²) in [6, 6.07) is 0. The molecule has 0 aliphatic rings. The quantitative estimate of drug-likeness (QED) is 0.572. The van der Waals surface area contributed by atoms with Gasteiger partial charge >= 0.3 is 0 Å². The van der Waals surface area contributed by atoms with Crippen molar-refractivity contribution in [3.63, 3.8) is 0 Å². The fourth-order valence-electron chi connectivity index (χ4n) is 0.654. The lowest BCUT2D eigenvalue weighted by atomic mass is 9.93. The van der Waals surface area contributed by atoms with Gasteiger partial charge in [-0.3, -0.25) is 0 Å². The van der Waals surface area contributed by atoms with Crippen LogP contribution in [0.2, 0.25) is 0 Å². The topological polar surface area (TPSA) is 0 Å². The zero-order valence-electron chi connectivity index (χ0n) is 11.3. The summed E-state index contributed by atoms with van der Waals surface area (Å²) in [5.74, 6) is 1.33. The minimum absolute atomic E-state index is 0.471. The van der Waals surface area contributed by atoms with Gasteiger partial charge in [0.15, 0.2) is 0 Å². The van der Waals surface area contributed by atoms with Crippen LogP contribution < -0.4 is 0 Å². The van der Waals surface area contributed by atoms with Gasteiger partial charge in [0.05, 0.1) is 0 Å². The Morgan fingerprint density at radius 2 is 1.50 bits per heavy atom.